The zero-order valence-corrected chi connectivity index (χ0v) is 15.5. The fourth-order valence-corrected chi connectivity index (χ4v) is 4.67. The van der Waals surface area contributed by atoms with Gasteiger partial charge in [0.1, 0.15) is 12.1 Å². The Labute approximate surface area is 150 Å². The summed E-state index contributed by atoms with van der Waals surface area (Å²) in [5.41, 5.74) is -0.763. The van der Waals surface area contributed by atoms with E-state index in [2.05, 4.69) is 24.5 Å². The number of hydrogen-bond donors (Lipinski definition) is 2. The van der Waals surface area contributed by atoms with E-state index in [1.165, 1.54) is 6.42 Å². The first-order valence-corrected chi connectivity index (χ1v) is 9.86. The van der Waals surface area contributed by atoms with Gasteiger partial charge in [0.15, 0.2) is 0 Å². The van der Waals surface area contributed by atoms with E-state index in [0.29, 0.717) is 24.7 Å². The van der Waals surface area contributed by atoms with Crippen LogP contribution in [0.1, 0.15) is 71.6 Å². The molecule has 2 saturated carbocycles. The molecule has 3 fully saturated rings. The molecule has 0 aromatic heterocycles. The first-order valence-electron chi connectivity index (χ1n) is 9.86. The molecular formula is C19H31N3O3. The average Bonchev–Trinajstić information content (AvgIpc) is 2.74. The summed E-state index contributed by atoms with van der Waals surface area (Å²) in [6.45, 7) is 4.23. The molecule has 3 atom stereocenters. The van der Waals surface area contributed by atoms with Crippen LogP contribution in [0, 0.1) is 11.8 Å². The molecule has 25 heavy (non-hydrogen) atoms. The van der Waals surface area contributed by atoms with Crippen molar-refractivity contribution in [2.24, 2.45) is 11.8 Å². The summed E-state index contributed by atoms with van der Waals surface area (Å²) in [5.74, 6) is 0.582. The lowest BCUT2D eigenvalue weighted by atomic mass is 9.78. The molecule has 1 aliphatic heterocycles. The maximum absolute atomic E-state index is 12.9. The van der Waals surface area contributed by atoms with Gasteiger partial charge in [-0.05, 0) is 31.1 Å². The monoisotopic (exact) mass is 349 g/mol. The van der Waals surface area contributed by atoms with E-state index in [1.54, 1.807) is 0 Å². The highest BCUT2D eigenvalue weighted by molar-refractivity contribution is 6.09. The second-order valence-electron chi connectivity index (χ2n) is 8.26. The van der Waals surface area contributed by atoms with Crippen molar-refractivity contribution in [2.75, 3.05) is 6.54 Å². The smallest absolute Gasteiger partial charge is 0.325 e. The third-order valence-electron chi connectivity index (χ3n) is 6.56. The molecular weight excluding hydrogens is 318 g/mol. The van der Waals surface area contributed by atoms with Gasteiger partial charge < -0.3 is 10.6 Å². The Morgan fingerprint density at radius 2 is 1.80 bits per heavy atom. The number of imide groups is 1. The zero-order chi connectivity index (χ0) is 18.0. The fourth-order valence-electron chi connectivity index (χ4n) is 4.67. The third-order valence-corrected chi connectivity index (χ3v) is 6.56. The second-order valence-corrected chi connectivity index (χ2v) is 8.26. The van der Waals surface area contributed by atoms with Gasteiger partial charge >= 0.3 is 6.03 Å². The molecule has 0 radical (unpaired) electrons. The van der Waals surface area contributed by atoms with Crippen molar-refractivity contribution < 1.29 is 14.4 Å². The van der Waals surface area contributed by atoms with Crippen LogP contribution in [0.4, 0.5) is 4.79 Å². The van der Waals surface area contributed by atoms with Gasteiger partial charge in [-0.1, -0.05) is 52.4 Å². The van der Waals surface area contributed by atoms with Crippen LogP contribution < -0.4 is 10.6 Å². The van der Waals surface area contributed by atoms with Crippen LogP contribution in [0.2, 0.25) is 0 Å². The topological polar surface area (TPSA) is 78.5 Å². The predicted molar refractivity (Wildman–Crippen MR) is 94.8 cm³/mol. The highest BCUT2D eigenvalue weighted by Gasteiger charge is 2.51. The van der Waals surface area contributed by atoms with Crippen LogP contribution in [0.15, 0.2) is 0 Å². The normalized spacial score (nSPS) is 32.4. The van der Waals surface area contributed by atoms with Gasteiger partial charge in [0.05, 0.1) is 0 Å². The van der Waals surface area contributed by atoms with Crippen LogP contribution >= 0.6 is 0 Å². The van der Waals surface area contributed by atoms with Gasteiger partial charge in [0.25, 0.3) is 5.91 Å². The molecule has 140 valence electrons. The van der Waals surface area contributed by atoms with Gasteiger partial charge in [-0.2, -0.15) is 0 Å². The van der Waals surface area contributed by atoms with Crippen LogP contribution in [0.5, 0.6) is 0 Å². The Bertz CT molecular complexity index is 540. The van der Waals surface area contributed by atoms with Crippen LogP contribution in [0.25, 0.3) is 0 Å². The molecule has 6 heteroatoms. The zero-order valence-electron chi connectivity index (χ0n) is 15.5. The van der Waals surface area contributed by atoms with E-state index in [1.807, 2.05) is 0 Å². The van der Waals surface area contributed by atoms with Crippen LogP contribution in [0.3, 0.4) is 0 Å². The first-order chi connectivity index (χ1) is 11.9. The number of amides is 4. The number of carbonyl (C=O) groups excluding carboxylic acids is 3. The average molecular weight is 349 g/mol. The largest absolute Gasteiger partial charge is 0.352 e. The minimum atomic E-state index is -0.763. The van der Waals surface area contributed by atoms with E-state index in [4.69, 9.17) is 0 Å². The van der Waals surface area contributed by atoms with E-state index in [-0.39, 0.29) is 24.4 Å². The van der Waals surface area contributed by atoms with E-state index >= 15 is 0 Å². The number of rotatable bonds is 3. The third kappa shape index (κ3) is 3.67. The maximum atomic E-state index is 12.9. The van der Waals surface area contributed by atoms with Crippen molar-refractivity contribution >= 4 is 17.8 Å². The molecule has 0 aromatic carbocycles. The maximum Gasteiger partial charge on any atom is 0.325 e. The Balaban J connectivity index is 1.61. The minimum Gasteiger partial charge on any atom is -0.352 e. The summed E-state index contributed by atoms with van der Waals surface area (Å²) in [5, 5.41) is 5.95. The number of carbonyl (C=O) groups is 3. The first kappa shape index (κ1) is 18.2. The van der Waals surface area contributed by atoms with Gasteiger partial charge in [0, 0.05) is 6.04 Å². The van der Waals surface area contributed by atoms with Crippen molar-refractivity contribution in [3.8, 4) is 0 Å². The predicted octanol–water partition coefficient (Wildman–Crippen LogP) is 2.57. The Hall–Kier alpha value is -1.59. The van der Waals surface area contributed by atoms with Crippen molar-refractivity contribution in [1.82, 2.24) is 15.5 Å². The van der Waals surface area contributed by atoms with Crippen LogP contribution in [-0.4, -0.2) is 40.9 Å². The molecule has 3 aliphatic rings. The molecule has 2 aliphatic carbocycles. The highest BCUT2D eigenvalue weighted by Crippen LogP contribution is 2.33. The molecule has 0 bridgehead atoms. The van der Waals surface area contributed by atoms with Gasteiger partial charge in [-0.3, -0.25) is 14.5 Å². The van der Waals surface area contributed by atoms with Crippen LogP contribution in [-0.2, 0) is 9.59 Å². The second kappa shape index (κ2) is 7.34. The minimum absolute atomic E-state index is 0.142. The summed E-state index contributed by atoms with van der Waals surface area (Å²) < 4.78 is 0. The number of hydrogen-bond acceptors (Lipinski definition) is 3. The SMILES string of the molecule is C[C@@H]1[C@@H](C)CCC[C@H]1NC(=O)CN1C(=O)NC2(CCCCCC2)C1=O. The number of nitrogens with one attached hydrogen (secondary N) is 2. The van der Waals surface area contributed by atoms with E-state index in [0.717, 1.165) is 43.4 Å². The number of urea groups is 1. The Morgan fingerprint density at radius 1 is 1.12 bits per heavy atom. The molecule has 1 spiro atoms. The molecule has 2 N–H and O–H groups in total. The van der Waals surface area contributed by atoms with Crippen molar-refractivity contribution in [1.29, 1.82) is 0 Å². The molecule has 1 heterocycles. The van der Waals surface area contributed by atoms with Crippen molar-refractivity contribution in [2.45, 2.75) is 83.2 Å². The molecule has 0 aromatic rings. The molecule has 4 amide bonds. The lowest BCUT2D eigenvalue weighted by molar-refractivity contribution is -0.135. The molecule has 6 nitrogen and oxygen atoms in total. The summed E-state index contributed by atoms with van der Waals surface area (Å²) in [7, 11) is 0. The van der Waals surface area contributed by atoms with E-state index < -0.39 is 11.6 Å². The summed E-state index contributed by atoms with van der Waals surface area (Å²) >= 11 is 0. The Kier molecular flexibility index (Phi) is 5.35. The van der Waals surface area contributed by atoms with Gasteiger partial charge in [-0.15, -0.1) is 0 Å². The molecule has 0 unspecified atom stereocenters. The van der Waals surface area contributed by atoms with Gasteiger partial charge in [0.2, 0.25) is 5.91 Å². The summed E-state index contributed by atoms with van der Waals surface area (Å²) in [4.78, 5) is 38.8. The highest BCUT2D eigenvalue weighted by atomic mass is 16.2. The molecule has 1 saturated heterocycles. The lowest BCUT2D eigenvalue weighted by Gasteiger charge is -2.34. The van der Waals surface area contributed by atoms with E-state index in [9.17, 15) is 14.4 Å². The quantitative estimate of drug-likeness (QED) is 0.769. The molecule has 3 rings (SSSR count). The summed E-state index contributed by atoms with van der Waals surface area (Å²) in [6.07, 6.45) is 8.76. The fraction of sp³-hybridized carbons (Fsp3) is 0.842. The number of nitrogens with zero attached hydrogens (tertiary/aromatic N) is 1. The standard InChI is InChI=1S/C19H31N3O3/c1-13-8-7-9-15(14(13)2)20-16(23)12-22-17(24)19(21-18(22)25)10-5-3-4-6-11-19/h13-15H,3-12H2,1-2H3,(H,20,23)(H,21,25)/t13-,14+,15+/m0/s1. The van der Waals surface area contributed by atoms with Crippen molar-refractivity contribution in [3.05, 3.63) is 0 Å². The van der Waals surface area contributed by atoms with Gasteiger partial charge in [-0.25, -0.2) is 4.79 Å². The summed E-state index contributed by atoms with van der Waals surface area (Å²) in [6, 6.07) is -0.268. The van der Waals surface area contributed by atoms with Crippen molar-refractivity contribution in [3.63, 3.8) is 0 Å². The lowest BCUT2D eigenvalue weighted by Crippen LogP contribution is -2.49. The Morgan fingerprint density at radius 3 is 2.48 bits per heavy atom.